The van der Waals surface area contributed by atoms with Crippen LogP contribution >= 0.6 is 0 Å². The second-order valence-corrected chi connectivity index (χ2v) is 12.3. The maximum Gasteiger partial charge on any atom is 0.416 e. The summed E-state index contributed by atoms with van der Waals surface area (Å²) >= 11 is 0. The standard InChI is InChI=1S/C31H30F6N4O7/c1-11(39-16-7-14(30(32,33)34)6-15(8-16)31(35,36)37)40-18-10-19(41(2)3)17-5-12-4-13-9-20(42)23(28(38)47)27(46)29(13,48)26(45)21(12)25(44)22(17)24(18)43/h6-8,10,12-13,20,23,39-40,42-43,45,48H,1,4-5,9H2,2-3H3,(H2,38,47)/t12-,13+,20?,23?,29+/m1/s1. The first-order valence-electron chi connectivity index (χ1n) is 14.4. The number of rotatable bonds is 6. The van der Waals surface area contributed by atoms with Gasteiger partial charge in [0, 0.05) is 37.0 Å². The largest absolute Gasteiger partial charge is 0.508 e. The van der Waals surface area contributed by atoms with Crippen molar-refractivity contribution < 1.29 is 61.2 Å². The van der Waals surface area contributed by atoms with Gasteiger partial charge in [0.1, 0.15) is 17.5 Å². The number of halogens is 6. The van der Waals surface area contributed by atoms with Crippen LogP contribution in [0.1, 0.15) is 39.9 Å². The number of amides is 1. The molecule has 0 heterocycles. The second-order valence-electron chi connectivity index (χ2n) is 12.3. The molecule has 48 heavy (non-hydrogen) atoms. The first kappa shape index (κ1) is 34.6. The van der Waals surface area contributed by atoms with Crippen molar-refractivity contribution in [3.8, 4) is 5.75 Å². The third-order valence-corrected chi connectivity index (χ3v) is 9.02. The van der Waals surface area contributed by atoms with Crippen molar-refractivity contribution in [2.75, 3.05) is 29.6 Å². The number of aliphatic hydroxyl groups is 3. The molecule has 17 heteroatoms. The zero-order chi connectivity index (χ0) is 35.8. The van der Waals surface area contributed by atoms with Crippen molar-refractivity contribution >= 4 is 34.5 Å². The van der Waals surface area contributed by atoms with Gasteiger partial charge in [0.05, 0.1) is 28.5 Å². The van der Waals surface area contributed by atoms with E-state index in [1.807, 2.05) is 0 Å². The predicted molar refractivity (Wildman–Crippen MR) is 158 cm³/mol. The number of nitrogens with two attached hydrogens (primary N) is 1. The lowest BCUT2D eigenvalue weighted by molar-refractivity contribution is -0.167. The van der Waals surface area contributed by atoms with Crippen LogP contribution in [-0.2, 0) is 28.4 Å². The van der Waals surface area contributed by atoms with Gasteiger partial charge >= 0.3 is 12.4 Å². The van der Waals surface area contributed by atoms with Crippen molar-refractivity contribution in [3.63, 3.8) is 0 Å². The number of allylic oxidation sites excluding steroid dienone is 1. The zero-order valence-electron chi connectivity index (χ0n) is 25.3. The molecule has 1 amide bonds. The number of aliphatic hydroxyl groups excluding tert-OH is 2. The molecule has 1 fully saturated rings. The smallest absolute Gasteiger partial charge is 0.416 e. The number of aromatic hydroxyl groups is 1. The highest BCUT2D eigenvalue weighted by Crippen LogP contribution is 2.53. The number of alkyl halides is 6. The maximum atomic E-state index is 14.0. The summed E-state index contributed by atoms with van der Waals surface area (Å²) in [6, 6.07) is 2.16. The average Bonchev–Trinajstić information content (AvgIpc) is 2.94. The van der Waals surface area contributed by atoms with E-state index in [0.29, 0.717) is 23.4 Å². The maximum absolute atomic E-state index is 14.0. The van der Waals surface area contributed by atoms with Crippen LogP contribution in [0.4, 0.5) is 43.4 Å². The molecule has 3 aliphatic carbocycles. The van der Waals surface area contributed by atoms with Gasteiger partial charge in [0.15, 0.2) is 22.9 Å². The van der Waals surface area contributed by atoms with Crippen molar-refractivity contribution in [2.45, 2.75) is 43.3 Å². The van der Waals surface area contributed by atoms with Crippen LogP contribution < -0.4 is 21.3 Å². The molecular weight excluding hydrogens is 654 g/mol. The molecule has 5 rings (SSSR count). The molecule has 2 unspecified atom stereocenters. The number of Topliss-reactive ketones (excluding diaryl/α,β-unsaturated/α-hetero) is 2. The Balaban J connectivity index is 1.54. The number of carbonyl (C=O) groups excluding carboxylic acids is 3. The molecule has 0 spiro atoms. The van der Waals surface area contributed by atoms with E-state index in [9.17, 15) is 61.2 Å². The van der Waals surface area contributed by atoms with Crippen LogP contribution in [0.2, 0.25) is 0 Å². The molecule has 0 aromatic heterocycles. The Hall–Kier alpha value is -4.77. The minimum absolute atomic E-state index is 0.00157. The number of nitrogens with one attached hydrogen (secondary N) is 2. The zero-order valence-corrected chi connectivity index (χ0v) is 25.3. The number of hydrogen-bond acceptors (Lipinski definition) is 10. The molecule has 1 saturated carbocycles. The Morgan fingerprint density at radius 2 is 1.58 bits per heavy atom. The number of primary amides is 1. The van der Waals surface area contributed by atoms with Crippen LogP contribution in [0.15, 0.2) is 48.0 Å². The summed E-state index contributed by atoms with van der Waals surface area (Å²) in [6.45, 7) is 3.57. The molecular formula is C31H30F6N4O7. The molecule has 8 N–H and O–H groups in total. The number of nitrogens with zero attached hydrogens (tertiary/aromatic N) is 1. The van der Waals surface area contributed by atoms with Gasteiger partial charge in [-0.25, -0.2) is 0 Å². The number of anilines is 3. The third-order valence-electron chi connectivity index (χ3n) is 9.02. The summed E-state index contributed by atoms with van der Waals surface area (Å²) < 4.78 is 80.1. The number of carbonyl (C=O) groups is 3. The highest BCUT2D eigenvalue weighted by Gasteiger charge is 2.62. The average molecular weight is 685 g/mol. The number of phenolic OH excluding ortho intramolecular Hbond substituents is 1. The fraction of sp³-hybridized carbons (Fsp3) is 0.387. The van der Waals surface area contributed by atoms with E-state index in [1.165, 1.54) is 6.07 Å². The normalized spacial score (nSPS) is 25.5. The molecule has 0 bridgehead atoms. The Kier molecular flexibility index (Phi) is 8.23. The summed E-state index contributed by atoms with van der Waals surface area (Å²) in [6.07, 6.45) is -12.1. The van der Waals surface area contributed by atoms with Gasteiger partial charge in [-0.3, -0.25) is 14.4 Å². The number of hydrogen-bond donors (Lipinski definition) is 7. The summed E-state index contributed by atoms with van der Waals surface area (Å²) in [5.41, 5.74) is -1.68. The quantitative estimate of drug-likeness (QED) is 0.134. The minimum atomic E-state index is -5.11. The van der Waals surface area contributed by atoms with Crippen LogP contribution in [0.3, 0.4) is 0 Å². The molecule has 3 aliphatic rings. The minimum Gasteiger partial charge on any atom is -0.508 e. The summed E-state index contributed by atoms with van der Waals surface area (Å²) in [5, 5.41) is 49.3. The van der Waals surface area contributed by atoms with E-state index in [-0.39, 0.29) is 36.6 Å². The van der Waals surface area contributed by atoms with Gasteiger partial charge < -0.3 is 41.7 Å². The Bertz CT molecular complexity index is 1760. The topological polar surface area (TPSA) is 185 Å². The fourth-order valence-electron chi connectivity index (χ4n) is 6.86. The van der Waals surface area contributed by atoms with Crippen LogP contribution in [0, 0.1) is 17.8 Å². The summed E-state index contributed by atoms with van der Waals surface area (Å²) in [7, 11) is 3.19. The Morgan fingerprint density at radius 3 is 2.10 bits per heavy atom. The second kappa shape index (κ2) is 11.4. The lowest BCUT2D eigenvalue weighted by Gasteiger charge is -2.48. The monoisotopic (exact) mass is 684 g/mol. The van der Waals surface area contributed by atoms with Crippen molar-refractivity contribution in [1.29, 1.82) is 0 Å². The number of phenols is 1. The molecule has 0 saturated heterocycles. The highest BCUT2D eigenvalue weighted by molar-refractivity contribution is 6.17. The lowest BCUT2D eigenvalue weighted by Crippen LogP contribution is -2.63. The van der Waals surface area contributed by atoms with Crippen LogP contribution in [0.25, 0.3) is 0 Å². The van der Waals surface area contributed by atoms with Crippen molar-refractivity contribution in [1.82, 2.24) is 0 Å². The molecule has 11 nitrogen and oxygen atoms in total. The van der Waals surface area contributed by atoms with Crippen molar-refractivity contribution in [3.05, 3.63) is 70.3 Å². The first-order chi connectivity index (χ1) is 22.1. The molecule has 0 radical (unpaired) electrons. The molecule has 2 aromatic carbocycles. The van der Waals surface area contributed by atoms with Gasteiger partial charge in [0.25, 0.3) is 0 Å². The molecule has 2 aromatic rings. The Morgan fingerprint density at radius 1 is 1.00 bits per heavy atom. The molecule has 5 atom stereocenters. The number of ketones is 2. The van der Waals surface area contributed by atoms with Crippen LogP contribution in [0.5, 0.6) is 5.75 Å². The van der Waals surface area contributed by atoms with Gasteiger partial charge in [-0.1, -0.05) is 6.58 Å². The summed E-state index contributed by atoms with van der Waals surface area (Å²) in [4.78, 5) is 40.7. The fourth-order valence-corrected chi connectivity index (χ4v) is 6.86. The van der Waals surface area contributed by atoms with E-state index >= 15 is 0 Å². The van der Waals surface area contributed by atoms with Gasteiger partial charge in [-0.2, -0.15) is 26.3 Å². The SMILES string of the molecule is C=C(Nc1cc(C(F)(F)F)cc(C(F)(F)F)c1)Nc1cc(N(C)C)c2c(c1O)C(=O)C1=C(O)[C@]3(O)C(=O)C(C(N)=O)C(O)C[C@@H]3C[C@@H]1C2. The first-order valence-corrected chi connectivity index (χ1v) is 14.4. The molecule has 258 valence electrons. The predicted octanol–water partition coefficient (Wildman–Crippen LogP) is 3.84. The van der Waals surface area contributed by atoms with Crippen LogP contribution in [-0.4, -0.2) is 63.7 Å². The van der Waals surface area contributed by atoms with E-state index in [2.05, 4.69) is 17.2 Å². The lowest BCUT2D eigenvalue weighted by atomic mass is 9.58. The van der Waals surface area contributed by atoms with E-state index < -0.39 is 99.0 Å². The Labute approximate surface area is 268 Å². The van der Waals surface area contributed by atoms with E-state index in [4.69, 9.17) is 5.73 Å². The van der Waals surface area contributed by atoms with E-state index in [1.54, 1.807) is 19.0 Å². The van der Waals surface area contributed by atoms with Gasteiger partial charge in [-0.15, -0.1) is 0 Å². The number of benzene rings is 2. The van der Waals surface area contributed by atoms with E-state index in [0.717, 1.165) is 0 Å². The highest BCUT2D eigenvalue weighted by atomic mass is 19.4. The van der Waals surface area contributed by atoms with Crippen molar-refractivity contribution in [2.24, 2.45) is 23.5 Å². The third kappa shape index (κ3) is 5.59. The van der Waals surface area contributed by atoms with Gasteiger partial charge in [-0.05, 0) is 55.0 Å². The summed E-state index contributed by atoms with van der Waals surface area (Å²) in [5.74, 6) is -9.42. The number of fused-ring (bicyclic) bond motifs is 3. The molecule has 0 aliphatic heterocycles. The van der Waals surface area contributed by atoms with Gasteiger partial charge in [0.2, 0.25) is 5.91 Å².